The molecule has 0 aliphatic heterocycles. The van der Waals surface area contributed by atoms with Crippen LogP contribution < -0.4 is 5.11 Å². The van der Waals surface area contributed by atoms with Crippen molar-refractivity contribution < 1.29 is 27.0 Å². The van der Waals surface area contributed by atoms with Crippen molar-refractivity contribution in [3.8, 4) is 18.2 Å². The molecule has 174 valence electrons. The summed E-state index contributed by atoms with van der Waals surface area (Å²) in [6, 6.07) is 9.95. The van der Waals surface area contributed by atoms with Crippen LogP contribution in [-0.2, 0) is 21.9 Å². The summed E-state index contributed by atoms with van der Waals surface area (Å²) in [5, 5.41) is 45.0. The maximum absolute atomic E-state index is 11.4. The molecule has 0 saturated heterocycles. The summed E-state index contributed by atoms with van der Waals surface area (Å²) in [5.74, 6) is -1.23. The predicted molar refractivity (Wildman–Crippen MR) is 115 cm³/mol. The molecular formula is C21H27CuN7O2P. The Morgan fingerprint density at radius 2 is 1.25 bits per heavy atom. The minimum absolute atomic E-state index is 0. The van der Waals surface area contributed by atoms with Crippen LogP contribution in [0.25, 0.3) is 0 Å². The number of carboxylic acids is 1. The second-order valence-corrected chi connectivity index (χ2v) is 9.69. The van der Waals surface area contributed by atoms with E-state index in [1.54, 1.807) is 0 Å². The smallest absolute Gasteiger partial charge is 0.546 e. The quantitative estimate of drug-likeness (QED) is 0.376. The number of carboxylic acid groups (broad SMARTS) is 1. The molecule has 2 aromatic heterocycles. The SMILES string of the molecule is Cc1cc(C)n(C(C(=O)[O-])n2nc(C)cc2C)n1.N#CCCP(CCC#N)CCC#N.[Cu+]. The molecule has 0 saturated carbocycles. The van der Waals surface area contributed by atoms with Gasteiger partial charge in [0.05, 0.1) is 35.6 Å². The molecule has 0 aliphatic carbocycles. The zero-order valence-corrected chi connectivity index (χ0v) is 20.5. The van der Waals surface area contributed by atoms with E-state index in [0.29, 0.717) is 19.3 Å². The van der Waals surface area contributed by atoms with Crippen molar-refractivity contribution in [3.63, 3.8) is 0 Å². The molecular weight excluding hydrogens is 477 g/mol. The van der Waals surface area contributed by atoms with Gasteiger partial charge in [0.1, 0.15) is 0 Å². The fourth-order valence-electron chi connectivity index (χ4n) is 3.05. The Balaban J connectivity index is 0.000000617. The summed E-state index contributed by atoms with van der Waals surface area (Å²) < 4.78 is 2.84. The van der Waals surface area contributed by atoms with Crippen LogP contribution in [0.2, 0.25) is 0 Å². The van der Waals surface area contributed by atoms with Gasteiger partial charge in [-0.15, -0.1) is 7.92 Å². The van der Waals surface area contributed by atoms with Crippen LogP contribution in [0.15, 0.2) is 12.1 Å². The second-order valence-electron chi connectivity index (χ2n) is 7.00. The van der Waals surface area contributed by atoms with Gasteiger partial charge in [0.2, 0.25) is 0 Å². The maximum atomic E-state index is 11.4. The fraction of sp³-hybridized carbons (Fsp3) is 0.524. The van der Waals surface area contributed by atoms with Crippen LogP contribution in [0.4, 0.5) is 0 Å². The number of hydrogen-bond acceptors (Lipinski definition) is 7. The number of carbonyl (C=O) groups excluding carboxylic acids is 1. The van der Waals surface area contributed by atoms with Crippen LogP contribution in [-0.4, -0.2) is 44.0 Å². The monoisotopic (exact) mass is 503 g/mol. The van der Waals surface area contributed by atoms with E-state index in [4.69, 9.17) is 15.8 Å². The van der Waals surface area contributed by atoms with Gasteiger partial charge in [0.25, 0.3) is 0 Å². The Bertz CT molecular complexity index is 908. The molecule has 0 N–H and O–H groups in total. The van der Waals surface area contributed by atoms with E-state index in [0.717, 1.165) is 41.3 Å². The topological polar surface area (TPSA) is 147 Å². The molecule has 32 heavy (non-hydrogen) atoms. The fourth-order valence-corrected chi connectivity index (χ4v) is 4.97. The number of rotatable bonds is 9. The Kier molecular flexibility index (Phi) is 13.9. The van der Waals surface area contributed by atoms with Crippen LogP contribution in [0, 0.1) is 61.7 Å². The van der Waals surface area contributed by atoms with Gasteiger partial charge >= 0.3 is 17.1 Å². The first-order valence-electron chi connectivity index (χ1n) is 9.84. The van der Waals surface area contributed by atoms with Crippen LogP contribution in [0.3, 0.4) is 0 Å². The summed E-state index contributed by atoms with van der Waals surface area (Å²) >= 11 is 0. The molecule has 0 spiro atoms. The third-order valence-corrected chi connectivity index (χ3v) is 6.95. The third kappa shape index (κ3) is 9.21. The van der Waals surface area contributed by atoms with Gasteiger partial charge in [-0.1, -0.05) is 0 Å². The molecule has 2 heterocycles. The van der Waals surface area contributed by atoms with Crippen LogP contribution in [0.5, 0.6) is 0 Å². The van der Waals surface area contributed by atoms with Crippen molar-refractivity contribution in [2.45, 2.75) is 53.1 Å². The van der Waals surface area contributed by atoms with E-state index in [-0.39, 0.29) is 25.0 Å². The molecule has 0 unspecified atom stereocenters. The molecule has 0 radical (unpaired) electrons. The zero-order chi connectivity index (χ0) is 23.4. The Morgan fingerprint density at radius 3 is 1.47 bits per heavy atom. The summed E-state index contributed by atoms with van der Waals surface area (Å²) in [6.07, 6.45) is 3.28. The first kappa shape index (κ1) is 29.3. The third-order valence-electron chi connectivity index (χ3n) is 4.38. The minimum atomic E-state index is -1.23. The van der Waals surface area contributed by atoms with Gasteiger partial charge in [-0.2, -0.15) is 26.0 Å². The van der Waals surface area contributed by atoms with Gasteiger partial charge in [0.15, 0.2) is 6.17 Å². The summed E-state index contributed by atoms with van der Waals surface area (Å²) in [6.45, 7) is 7.25. The molecule has 9 nitrogen and oxygen atoms in total. The van der Waals surface area contributed by atoms with Gasteiger partial charge < -0.3 is 9.90 Å². The van der Waals surface area contributed by atoms with Crippen LogP contribution in [0.1, 0.15) is 48.2 Å². The summed E-state index contributed by atoms with van der Waals surface area (Å²) in [4.78, 5) is 11.4. The maximum Gasteiger partial charge on any atom is 1.00 e. The molecule has 0 aromatic carbocycles. The molecule has 2 rings (SSSR count). The van der Waals surface area contributed by atoms with Crippen molar-refractivity contribution in [1.29, 1.82) is 15.8 Å². The molecule has 0 amide bonds. The largest absolute Gasteiger partial charge is 1.00 e. The van der Waals surface area contributed by atoms with Gasteiger partial charge in [-0.05, 0) is 58.3 Å². The van der Waals surface area contributed by atoms with Crippen molar-refractivity contribution in [2.24, 2.45) is 0 Å². The van der Waals surface area contributed by atoms with E-state index in [2.05, 4.69) is 28.4 Å². The number of hydrogen-bond donors (Lipinski definition) is 0. The van der Waals surface area contributed by atoms with E-state index in [1.165, 1.54) is 9.36 Å². The number of aromatic nitrogens is 4. The number of carbonyl (C=O) groups is 1. The van der Waals surface area contributed by atoms with Crippen molar-refractivity contribution in [3.05, 3.63) is 34.9 Å². The first-order valence-corrected chi connectivity index (χ1v) is 11.7. The molecule has 0 aliphatic rings. The van der Waals surface area contributed by atoms with E-state index in [9.17, 15) is 9.90 Å². The Morgan fingerprint density at radius 1 is 0.906 bits per heavy atom. The number of aryl methyl sites for hydroxylation is 4. The Labute approximate surface area is 200 Å². The number of nitriles is 3. The molecule has 2 aromatic rings. The molecule has 0 bridgehead atoms. The molecule has 0 fully saturated rings. The molecule has 0 atom stereocenters. The normalized spacial score (nSPS) is 9.84. The summed E-state index contributed by atoms with van der Waals surface area (Å²) in [7, 11) is -0.246. The zero-order valence-electron chi connectivity index (χ0n) is 18.7. The average Bonchev–Trinajstić information content (AvgIpc) is 3.21. The standard InChI is InChI=1S/C12H16N4O2.C9H12N3P.Cu/c1-7-5-9(3)15(13-7)11(12(17)18)16-10(4)6-8(2)14-16;10-4-1-7-13(8-2-5-11)9-3-6-12;/h5-6,11H,1-4H3,(H,17,18);1-3,7-9H2;/q;;+1/p-1. The van der Waals surface area contributed by atoms with Crippen molar-refractivity contribution in [2.75, 3.05) is 18.5 Å². The van der Waals surface area contributed by atoms with Crippen molar-refractivity contribution in [1.82, 2.24) is 19.6 Å². The van der Waals surface area contributed by atoms with Gasteiger partial charge in [-0.25, -0.2) is 9.36 Å². The average molecular weight is 504 g/mol. The summed E-state index contributed by atoms with van der Waals surface area (Å²) in [5.41, 5.74) is 3.05. The first-order chi connectivity index (χ1) is 14.7. The predicted octanol–water partition coefficient (Wildman–Crippen LogP) is 2.32. The van der Waals surface area contributed by atoms with E-state index >= 15 is 0 Å². The van der Waals surface area contributed by atoms with Crippen LogP contribution >= 0.6 is 7.92 Å². The van der Waals surface area contributed by atoms with E-state index in [1.807, 2.05) is 39.8 Å². The number of aliphatic carboxylic acids is 1. The minimum Gasteiger partial charge on any atom is -0.546 e. The second kappa shape index (κ2) is 15.2. The van der Waals surface area contributed by atoms with Gasteiger partial charge in [-0.3, -0.25) is 0 Å². The molecule has 11 heteroatoms. The van der Waals surface area contributed by atoms with Gasteiger partial charge in [0, 0.05) is 30.7 Å². The van der Waals surface area contributed by atoms with Crippen molar-refractivity contribution >= 4 is 13.9 Å². The van der Waals surface area contributed by atoms with E-state index < -0.39 is 12.1 Å². The Hall–Kier alpha value is -2.69. The number of nitrogens with zero attached hydrogens (tertiary/aromatic N) is 7.